The Hall–Kier alpha value is -0.670. The van der Waals surface area contributed by atoms with Crippen molar-refractivity contribution in [1.82, 2.24) is 0 Å². The molecule has 0 atom stereocenters. The smallest absolute Gasteiger partial charge is 0.0422 e. The summed E-state index contributed by atoms with van der Waals surface area (Å²) in [5.74, 6) is 1.09. The largest absolute Gasteiger partial charge is 0.372 e. The van der Waals surface area contributed by atoms with E-state index in [1.165, 1.54) is 29.0 Å². The van der Waals surface area contributed by atoms with Crippen LogP contribution in [0.4, 0.5) is 5.69 Å². The topological polar surface area (TPSA) is 29.3 Å². The lowest BCUT2D eigenvalue weighted by Gasteiger charge is -2.26. The van der Waals surface area contributed by atoms with Gasteiger partial charge in [0.05, 0.1) is 0 Å². The molecule has 0 radical (unpaired) electrons. The van der Waals surface area contributed by atoms with Gasteiger partial charge in [-0.1, -0.05) is 26.3 Å². The summed E-state index contributed by atoms with van der Waals surface area (Å²) in [5, 5.41) is 0. The Morgan fingerprint density at radius 1 is 1.22 bits per heavy atom. The minimum Gasteiger partial charge on any atom is -0.372 e. The lowest BCUT2D eigenvalue weighted by molar-refractivity contribution is 0.727. The third-order valence-corrected chi connectivity index (χ3v) is 4.10. The lowest BCUT2D eigenvalue weighted by atomic mass is 10.1. The van der Waals surface area contributed by atoms with Crippen LogP contribution < -0.4 is 10.6 Å². The van der Waals surface area contributed by atoms with E-state index in [0.29, 0.717) is 6.54 Å². The summed E-state index contributed by atoms with van der Waals surface area (Å²) in [4.78, 5) is 3.79. The zero-order valence-corrected chi connectivity index (χ0v) is 12.7. The average molecular weight is 266 g/mol. The second kappa shape index (κ2) is 8.44. The molecule has 0 bridgehead atoms. The van der Waals surface area contributed by atoms with Crippen LogP contribution in [0.5, 0.6) is 0 Å². The SMILES string of the molecule is CCCCN(CC)c1cccc(SCC)c1CN. The highest BCUT2D eigenvalue weighted by Gasteiger charge is 2.11. The van der Waals surface area contributed by atoms with Gasteiger partial charge in [0.2, 0.25) is 0 Å². The molecule has 0 aromatic heterocycles. The molecule has 0 spiro atoms. The molecular formula is C15H26N2S. The van der Waals surface area contributed by atoms with Crippen molar-refractivity contribution in [3.05, 3.63) is 23.8 Å². The van der Waals surface area contributed by atoms with Gasteiger partial charge in [0.25, 0.3) is 0 Å². The summed E-state index contributed by atoms with van der Waals surface area (Å²) in [6.07, 6.45) is 2.47. The minimum absolute atomic E-state index is 0.626. The molecule has 1 rings (SSSR count). The molecule has 0 saturated carbocycles. The number of benzene rings is 1. The summed E-state index contributed by atoms with van der Waals surface area (Å²) in [5.41, 5.74) is 8.60. The van der Waals surface area contributed by atoms with E-state index < -0.39 is 0 Å². The Kier molecular flexibility index (Phi) is 7.21. The number of thioether (sulfide) groups is 1. The number of hydrogen-bond donors (Lipinski definition) is 1. The summed E-state index contributed by atoms with van der Waals surface area (Å²) in [6, 6.07) is 6.55. The first kappa shape index (κ1) is 15.4. The van der Waals surface area contributed by atoms with E-state index in [1.807, 2.05) is 11.8 Å². The number of nitrogens with zero attached hydrogens (tertiary/aromatic N) is 1. The molecule has 3 heteroatoms. The molecule has 0 fully saturated rings. The first-order chi connectivity index (χ1) is 8.78. The van der Waals surface area contributed by atoms with Crippen molar-refractivity contribution in [3.8, 4) is 0 Å². The molecule has 0 aliphatic heterocycles. The first-order valence-electron chi connectivity index (χ1n) is 6.98. The van der Waals surface area contributed by atoms with Gasteiger partial charge in [0.15, 0.2) is 0 Å². The van der Waals surface area contributed by atoms with Crippen molar-refractivity contribution in [2.45, 2.75) is 45.1 Å². The molecule has 18 heavy (non-hydrogen) atoms. The Morgan fingerprint density at radius 3 is 2.56 bits per heavy atom. The van der Waals surface area contributed by atoms with E-state index in [0.717, 1.165) is 18.8 Å². The maximum Gasteiger partial charge on any atom is 0.0422 e. The monoisotopic (exact) mass is 266 g/mol. The molecule has 0 unspecified atom stereocenters. The van der Waals surface area contributed by atoms with Crippen molar-refractivity contribution in [1.29, 1.82) is 0 Å². The third-order valence-electron chi connectivity index (χ3n) is 3.12. The summed E-state index contributed by atoms with van der Waals surface area (Å²) >= 11 is 1.89. The van der Waals surface area contributed by atoms with Gasteiger partial charge in [-0.2, -0.15) is 0 Å². The molecule has 0 amide bonds. The van der Waals surface area contributed by atoms with Crippen LogP contribution in [-0.2, 0) is 6.54 Å². The fourth-order valence-electron chi connectivity index (χ4n) is 2.14. The Morgan fingerprint density at radius 2 is 2.00 bits per heavy atom. The number of nitrogens with two attached hydrogens (primary N) is 1. The van der Waals surface area contributed by atoms with Gasteiger partial charge in [-0.3, -0.25) is 0 Å². The van der Waals surface area contributed by atoms with Crippen LogP contribution in [0, 0.1) is 0 Å². The predicted molar refractivity (Wildman–Crippen MR) is 83.5 cm³/mol. The van der Waals surface area contributed by atoms with Crippen molar-refractivity contribution < 1.29 is 0 Å². The molecule has 0 heterocycles. The second-order valence-corrected chi connectivity index (χ2v) is 5.63. The van der Waals surface area contributed by atoms with Gasteiger partial charge in [-0.05, 0) is 31.2 Å². The van der Waals surface area contributed by atoms with Gasteiger partial charge in [-0.15, -0.1) is 11.8 Å². The standard InChI is InChI=1S/C15H26N2S/c1-4-7-11-17(5-2)14-9-8-10-15(18-6-3)13(14)12-16/h8-10H,4-7,11-12,16H2,1-3H3. The Labute approximate surface area is 116 Å². The molecule has 2 N–H and O–H groups in total. The van der Waals surface area contributed by atoms with Gasteiger partial charge in [-0.25, -0.2) is 0 Å². The normalized spacial score (nSPS) is 10.7. The van der Waals surface area contributed by atoms with Crippen LogP contribution in [0.15, 0.2) is 23.1 Å². The number of anilines is 1. The molecule has 0 aliphatic carbocycles. The maximum absolute atomic E-state index is 5.96. The lowest BCUT2D eigenvalue weighted by Crippen LogP contribution is -2.25. The van der Waals surface area contributed by atoms with Gasteiger partial charge >= 0.3 is 0 Å². The van der Waals surface area contributed by atoms with E-state index in [9.17, 15) is 0 Å². The minimum atomic E-state index is 0.626. The fraction of sp³-hybridized carbons (Fsp3) is 0.600. The van der Waals surface area contributed by atoms with Crippen LogP contribution in [-0.4, -0.2) is 18.8 Å². The van der Waals surface area contributed by atoms with Crippen LogP contribution in [0.25, 0.3) is 0 Å². The molecule has 2 nitrogen and oxygen atoms in total. The van der Waals surface area contributed by atoms with Crippen LogP contribution in [0.2, 0.25) is 0 Å². The molecule has 0 aliphatic rings. The quantitative estimate of drug-likeness (QED) is 0.724. The predicted octanol–water partition coefficient (Wildman–Crippen LogP) is 3.88. The van der Waals surface area contributed by atoms with E-state index >= 15 is 0 Å². The fourth-order valence-corrected chi connectivity index (χ4v) is 2.99. The molecule has 102 valence electrons. The van der Waals surface area contributed by atoms with E-state index in [2.05, 4.69) is 43.9 Å². The number of hydrogen-bond acceptors (Lipinski definition) is 3. The molecule has 0 saturated heterocycles. The Balaban J connectivity index is 3.00. The zero-order chi connectivity index (χ0) is 13.4. The summed E-state index contributed by atoms with van der Waals surface area (Å²) < 4.78 is 0. The zero-order valence-electron chi connectivity index (χ0n) is 11.9. The van der Waals surface area contributed by atoms with Crippen LogP contribution in [0.3, 0.4) is 0 Å². The van der Waals surface area contributed by atoms with Crippen molar-refractivity contribution in [2.24, 2.45) is 5.73 Å². The van der Waals surface area contributed by atoms with Crippen molar-refractivity contribution >= 4 is 17.4 Å². The van der Waals surface area contributed by atoms with Gasteiger partial charge in [0.1, 0.15) is 0 Å². The molecule has 1 aromatic carbocycles. The van der Waals surface area contributed by atoms with Gasteiger partial charge < -0.3 is 10.6 Å². The van der Waals surface area contributed by atoms with E-state index in [4.69, 9.17) is 5.73 Å². The van der Waals surface area contributed by atoms with E-state index in [1.54, 1.807) is 0 Å². The van der Waals surface area contributed by atoms with E-state index in [-0.39, 0.29) is 0 Å². The van der Waals surface area contributed by atoms with Crippen molar-refractivity contribution in [3.63, 3.8) is 0 Å². The van der Waals surface area contributed by atoms with Gasteiger partial charge in [0, 0.05) is 35.8 Å². The number of rotatable bonds is 8. The Bertz CT molecular complexity index is 352. The summed E-state index contributed by atoms with van der Waals surface area (Å²) in [7, 11) is 0. The van der Waals surface area contributed by atoms with Crippen molar-refractivity contribution in [2.75, 3.05) is 23.7 Å². The summed E-state index contributed by atoms with van der Waals surface area (Å²) in [6.45, 7) is 9.44. The highest BCUT2D eigenvalue weighted by molar-refractivity contribution is 7.99. The third kappa shape index (κ3) is 3.92. The van der Waals surface area contributed by atoms with Crippen LogP contribution >= 0.6 is 11.8 Å². The first-order valence-corrected chi connectivity index (χ1v) is 7.96. The number of unbranched alkanes of at least 4 members (excludes halogenated alkanes) is 1. The maximum atomic E-state index is 5.96. The highest BCUT2D eigenvalue weighted by Crippen LogP contribution is 2.30. The molecule has 1 aromatic rings. The second-order valence-electron chi connectivity index (χ2n) is 4.32. The highest BCUT2D eigenvalue weighted by atomic mass is 32.2. The average Bonchev–Trinajstić information content (AvgIpc) is 2.40. The molecular weight excluding hydrogens is 240 g/mol. The van der Waals surface area contributed by atoms with Crippen LogP contribution in [0.1, 0.15) is 39.2 Å².